The van der Waals surface area contributed by atoms with Crippen LogP contribution in [0.5, 0.6) is 0 Å². The van der Waals surface area contributed by atoms with Gasteiger partial charge in [0.25, 0.3) is 0 Å². The summed E-state index contributed by atoms with van der Waals surface area (Å²) in [6.07, 6.45) is -0.0889. The topological polar surface area (TPSA) is 226 Å². The van der Waals surface area contributed by atoms with Gasteiger partial charge in [0, 0.05) is 0 Å². The predicted molar refractivity (Wildman–Crippen MR) is 73.2 cm³/mol. The summed E-state index contributed by atoms with van der Waals surface area (Å²) < 4.78 is 0. The molecule has 0 aromatic heterocycles. The zero-order valence-electron chi connectivity index (χ0n) is 13.1. The van der Waals surface area contributed by atoms with Gasteiger partial charge in [0.05, 0.1) is 48.0 Å². The van der Waals surface area contributed by atoms with Crippen molar-refractivity contribution < 1.29 is 19.8 Å². The quantitative estimate of drug-likeness (QED) is 0.562. The van der Waals surface area contributed by atoms with Crippen LogP contribution in [0, 0.1) is 34.5 Å². The normalized spacial score (nSPS) is 15.1. The molecule has 0 saturated heterocycles. The van der Waals surface area contributed by atoms with Gasteiger partial charge in [-0.1, -0.05) is 0 Å². The van der Waals surface area contributed by atoms with Gasteiger partial charge in [-0.25, -0.2) is 0 Å². The van der Waals surface area contributed by atoms with Gasteiger partial charge in [-0.15, -0.1) is 0 Å². The van der Waals surface area contributed by atoms with Gasteiger partial charge < -0.3 is 32.1 Å². The molecule has 0 amide bonds. The van der Waals surface area contributed by atoms with Gasteiger partial charge in [-0.2, -0.15) is 20.8 Å². The van der Waals surface area contributed by atoms with Gasteiger partial charge >= 0.3 is 0 Å². The summed E-state index contributed by atoms with van der Waals surface area (Å²) >= 11 is 0. The summed E-state index contributed by atoms with van der Waals surface area (Å²) in [5.74, 6) is -5.48. The third kappa shape index (κ3) is 9.36. The molecule has 4 atom stereocenters. The molecule has 0 aromatic carbocycles. The van der Waals surface area contributed by atoms with E-state index in [9.17, 15) is 19.8 Å². The second kappa shape index (κ2) is 12.2. The Labute approximate surface area is 128 Å². The monoisotopic (exact) mass is 314 g/mol. The molecule has 4 unspecified atom stereocenters. The lowest BCUT2D eigenvalue weighted by atomic mass is 10.0. The van der Waals surface area contributed by atoms with Crippen LogP contribution in [0.3, 0.4) is 0 Å². The second-order valence-electron chi connectivity index (χ2n) is 4.40. The molecular weight excluding hydrogens is 292 g/mol. The van der Waals surface area contributed by atoms with E-state index in [-0.39, 0.29) is 25.1 Å². The van der Waals surface area contributed by atoms with Crippen molar-refractivity contribution in [1.82, 2.24) is 12.3 Å². The molecule has 8 N–H and O–H groups in total. The molecule has 0 aromatic rings. The van der Waals surface area contributed by atoms with Crippen molar-refractivity contribution in [3.05, 3.63) is 0 Å². The first-order valence-corrected chi connectivity index (χ1v) is 5.92. The number of carboxylic acids is 2. The Bertz CT molecular complexity index is 425. The first-order chi connectivity index (χ1) is 9.31. The smallest absolute Gasteiger partial charge is 0.0879 e. The maximum Gasteiger partial charge on any atom is 0.0879 e. The second-order valence-corrected chi connectivity index (χ2v) is 4.40. The summed E-state index contributed by atoms with van der Waals surface area (Å²) in [7, 11) is 0. The number of carbonyl (C=O) groups excluding carboxylic acids is 2. The molecule has 124 valence electrons. The van der Waals surface area contributed by atoms with Crippen molar-refractivity contribution in [3.63, 3.8) is 0 Å². The lowest BCUT2D eigenvalue weighted by molar-refractivity contribution is -0.311. The number of nitriles is 2. The molecule has 0 aliphatic rings. The highest BCUT2D eigenvalue weighted by atomic mass is 16.4. The van der Waals surface area contributed by atoms with Gasteiger partial charge in [0.15, 0.2) is 0 Å². The van der Waals surface area contributed by atoms with Crippen molar-refractivity contribution in [3.8, 4) is 12.1 Å². The molecule has 0 spiro atoms. The summed E-state index contributed by atoms with van der Waals surface area (Å²) in [5.41, 5.74) is 0. The number of nitrogens with zero attached hydrogens (tertiary/aromatic N) is 4. The fourth-order valence-corrected chi connectivity index (χ4v) is 1.41. The highest BCUT2D eigenvalue weighted by Gasteiger charge is 2.15. The molecule has 0 radical (unpaired) electrons. The zero-order valence-corrected chi connectivity index (χ0v) is 13.1. The zero-order chi connectivity index (χ0) is 15.7. The van der Waals surface area contributed by atoms with E-state index >= 15 is 0 Å². The van der Waals surface area contributed by atoms with Crippen LogP contribution < -0.4 is 22.5 Å². The van der Waals surface area contributed by atoms with E-state index in [2.05, 4.69) is 10.2 Å². The molecule has 0 rings (SSSR count). The van der Waals surface area contributed by atoms with Crippen LogP contribution in [-0.4, -0.2) is 24.0 Å². The Hall–Kier alpha value is -2.56. The van der Waals surface area contributed by atoms with Gasteiger partial charge in [-0.3, -0.25) is 0 Å². The Kier molecular flexibility index (Phi) is 13.6. The van der Waals surface area contributed by atoms with Crippen LogP contribution in [0.2, 0.25) is 0 Å². The number of azo groups is 1. The largest absolute Gasteiger partial charge is 0.549 e. The molecule has 0 saturated carbocycles. The molecule has 22 heavy (non-hydrogen) atoms. The van der Waals surface area contributed by atoms with Crippen LogP contribution in [0.25, 0.3) is 0 Å². The highest BCUT2D eigenvalue weighted by molar-refractivity contribution is 5.71. The lowest BCUT2D eigenvalue weighted by Gasteiger charge is -2.14. The standard InChI is InChI=1S/C12H16N4O4.2H3N/c1-7(3-9(5-13)11(17)18)15-16-8(2)4-10(6-14)12(19)20;;/h7-10H,3-4H2,1-2H3,(H,17,18)(H,19,20);2*1H3. The molecule has 0 aliphatic heterocycles. The van der Waals surface area contributed by atoms with Crippen LogP contribution in [0.4, 0.5) is 0 Å². The average Bonchev–Trinajstić information content (AvgIpc) is 2.38. The van der Waals surface area contributed by atoms with Crippen molar-refractivity contribution in [1.29, 1.82) is 10.5 Å². The maximum absolute atomic E-state index is 10.5. The number of aliphatic carboxylic acids is 2. The molecule has 0 bridgehead atoms. The molecule has 10 heteroatoms. The fourth-order valence-electron chi connectivity index (χ4n) is 1.41. The van der Waals surface area contributed by atoms with E-state index in [1.807, 2.05) is 0 Å². The van der Waals surface area contributed by atoms with Crippen molar-refractivity contribution in [2.45, 2.75) is 38.8 Å². The van der Waals surface area contributed by atoms with Crippen molar-refractivity contribution in [2.75, 3.05) is 0 Å². The molecule has 10 nitrogen and oxygen atoms in total. The Morgan fingerprint density at radius 3 is 1.36 bits per heavy atom. The summed E-state index contributed by atoms with van der Waals surface area (Å²) in [6, 6.07) is 2.12. The molecular formula is C12H22N6O4. The molecule has 0 fully saturated rings. The summed E-state index contributed by atoms with van der Waals surface area (Å²) in [4.78, 5) is 21.1. The van der Waals surface area contributed by atoms with Crippen LogP contribution >= 0.6 is 0 Å². The van der Waals surface area contributed by atoms with Gasteiger partial charge in [0.2, 0.25) is 0 Å². The van der Waals surface area contributed by atoms with Crippen molar-refractivity contribution in [2.24, 2.45) is 22.1 Å². The minimum absolute atomic E-state index is 0. The summed E-state index contributed by atoms with van der Waals surface area (Å²) in [6.45, 7) is 3.15. The Morgan fingerprint density at radius 2 is 1.18 bits per heavy atom. The molecule has 0 aliphatic carbocycles. The predicted octanol–water partition coefficient (Wildman–Crippen LogP) is -0.472. The maximum atomic E-state index is 10.5. The first-order valence-electron chi connectivity index (χ1n) is 5.92. The number of carbonyl (C=O) groups is 2. The SMILES string of the molecule is CC(CC(C#N)C(=O)[O-])N=NC(C)CC(C#N)C(=O)[O-].[NH4+].[NH4+]. The van der Waals surface area contributed by atoms with E-state index in [0.29, 0.717) is 0 Å². The number of quaternary nitrogens is 2. The van der Waals surface area contributed by atoms with E-state index < -0.39 is 35.9 Å². The summed E-state index contributed by atoms with van der Waals surface area (Å²) in [5, 5.41) is 45.9. The third-order valence-corrected chi connectivity index (χ3v) is 2.50. The Balaban J connectivity index is -0.00000180. The number of carboxylic acid groups (broad SMARTS) is 2. The van der Waals surface area contributed by atoms with Crippen LogP contribution in [-0.2, 0) is 9.59 Å². The molecule has 0 heterocycles. The third-order valence-electron chi connectivity index (χ3n) is 2.50. The van der Waals surface area contributed by atoms with Gasteiger partial charge in [-0.05, 0) is 26.7 Å². The van der Waals surface area contributed by atoms with Crippen LogP contribution in [0.15, 0.2) is 10.2 Å². The van der Waals surface area contributed by atoms with E-state index in [1.54, 1.807) is 26.0 Å². The minimum atomic E-state index is -1.47. The van der Waals surface area contributed by atoms with Crippen molar-refractivity contribution >= 4 is 11.9 Å². The highest BCUT2D eigenvalue weighted by Crippen LogP contribution is 2.12. The van der Waals surface area contributed by atoms with Gasteiger partial charge in [0.1, 0.15) is 0 Å². The average molecular weight is 314 g/mol. The Morgan fingerprint density at radius 1 is 0.909 bits per heavy atom. The van der Waals surface area contributed by atoms with E-state index in [4.69, 9.17) is 10.5 Å². The van der Waals surface area contributed by atoms with E-state index in [1.165, 1.54) is 0 Å². The number of rotatable bonds is 8. The fraction of sp³-hybridized carbons (Fsp3) is 0.667. The first kappa shape index (κ1) is 24.5. The number of hydrogen-bond acceptors (Lipinski definition) is 8. The lowest BCUT2D eigenvalue weighted by Crippen LogP contribution is -2.32. The van der Waals surface area contributed by atoms with Crippen LogP contribution in [0.1, 0.15) is 26.7 Å². The number of hydrogen-bond donors (Lipinski definition) is 2. The van der Waals surface area contributed by atoms with E-state index in [0.717, 1.165) is 0 Å². The minimum Gasteiger partial charge on any atom is -0.549 e.